The number of rotatable bonds is 4. The molecule has 25 heavy (non-hydrogen) atoms. The van der Waals surface area contributed by atoms with Crippen molar-refractivity contribution in [2.75, 3.05) is 7.05 Å². The predicted molar refractivity (Wildman–Crippen MR) is 96.5 cm³/mol. The van der Waals surface area contributed by atoms with E-state index in [1.165, 1.54) is 0 Å². The van der Waals surface area contributed by atoms with Gasteiger partial charge in [0.2, 0.25) is 11.7 Å². The molecule has 2 aromatic carbocycles. The minimum atomic E-state index is -0.0799. The third kappa shape index (κ3) is 3.88. The molecule has 0 atom stereocenters. The van der Waals surface area contributed by atoms with Crippen LogP contribution in [0.4, 0.5) is 0 Å². The molecular formula is C19H18ClN3O2. The Morgan fingerprint density at radius 2 is 2.00 bits per heavy atom. The van der Waals surface area contributed by atoms with Crippen LogP contribution in [0.3, 0.4) is 0 Å². The van der Waals surface area contributed by atoms with Crippen LogP contribution >= 0.6 is 11.6 Å². The van der Waals surface area contributed by atoms with E-state index in [-0.39, 0.29) is 12.5 Å². The van der Waals surface area contributed by atoms with Gasteiger partial charge in [-0.25, -0.2) is 0 Å². The number of nitrogens with zero attached hydrogens (tertiary/aromatic N) is 3. The van der Waals surface area contributed by atoms with E-state index in [0.29, 0.717) is 22.3 Å². The molecule has 3 aromatic rings. The number of hydrogen-bond acceptors (Lipinski definition) is 4. The molecule has 0 aliphatic carbocycles. The van der Waals surface area contributed by atoms with Crippen molar-refractivity contribution < 1.29 is 9.32 Å². The fourth-order valence-electron chi connectivity index (χ4n) is 2.51. The summed E-state index contributed by atoms with van der Waals surface area (Å²) in [5, 5.41) is 4.56. The van der Waals surface area contributed by atoms with Crippen molar-refractivity contribution in [3.8, 4) is 11.4 Å². The Bertz CT molecular complexity index is 921. The summed E-state index contributed by atoms with van der Waals surface area (Å²) in [4.78, 5) is 18.6. The van der Waals surface area contributed by atoms with Gasteiger partial charge in [0.05, 0.1) is 6.54 Å². The molecule has 1 heterocycles. The average molecular weight is 356 g/mol. The molecule has 0 aliphatic rings. The van der Waals surface area contributed by atoms with Crippen molar-refractivity contribution in [1.82, 2.24) is 15.0 Å². The quantitative estimate of drug-likeness (QED) is 0.700. The van der Waals surface area contributed by atoms with Crippen LogP contribution in [0.1, 0.15) is 27.4 Å². The van der Waals surface area contributed by atoms with Crippen molar-refractivity contribution in [3.05, 3.63) is 70.1 Å². The fraction of sp³-hybridized carbons (Fsp3) is 0.211. The maximum atomic E-state index is 12.7. The molecule has 5 nitrogen and oxygen atoms in total. The molecule has 0 saturated heterocycles. The van der Waals surface area contributed by atoms with Gasteiger partial charge < -0.3 is 9.42 Å². The first kappa shape index (κ1) is 17.2. The summed E-state index contributed by atoms with van der Waals surface area (Å²) in [6, 6.07) is 13.0. The molecule has 1 aromatic heterocycles. The van der Waals surface area contributed by atoms with Gasteiger partial charge >= 0.3 is 0 Å². The van der Waals surface area contributed by atoms with Crippen molar-refractivity contribution in [2.45, 2.75) is 20.4 Å². The molecule has 0 aliphatic heterocycles. The van der Waals surface area contributed by atoms with Crippen LogP contribution in [0, 0.1) is 13.8 Å². The molecule has 1 amide bonds. The summed E-state index contributed by atoms with van der Waals surface area (Å²) >= 11 is 5.98. The average Bonchev–Trinajstić information content (AvgIpc) is 3.05. The van der Waals surface area contributed by atoms with Gasteiger partial charge in [0.15, 0.2) is 0 Å². The summed E-state index contributed by atoms with van der Waals surface area (Å²) < 4.78 is 5.27. The fourth-order valence-corrected chi connectivity index (χ4v) is 2.70. The third-order valence-electron chi connectivity index (χ3n) is 3.89. The topological polar surface area (TPSA) is 59.2 Å². The van der Waals surface area contributed by atoms with Crippen molar-refractivity contribution in [3.63, 3.8) is 0 Å². The molecule has 0 spiro atoms. The lowest BCUT2D eigenvalue weighted by atomic mass is 10.0. The van der Waals surface area contributed by atoms with E-state index in [4.69, 9.17) is 16.1 Å². The lowest BCUT2D eigenvalue weighted by Crippen LogP contribution is -2.27. The molecule has 6 heteroatoms. The standard InChI is InChI=1S/C19H18ClN3O2/c1-12-7-8-13(2)16(9-12)19(24)23(3)11-17-21-18(22-25-17)14-5-4-6-15(20)10-14/h4-10H,11H2,1-3H3. The summed E-state index contributed by atoms with van der Waals surface area (Å²) in [6.45, 7) is 4.12. The maximum Gasteiger partial charge on any atom is 0.254 e. The first-order chi connectivity index (χ1) is 11.9. The van der Waals surface area contributed by atoms with Gasteiger partial charge in [0.25, 0.3) is 5.91 Å². The van der Waals surface area contributed by atoms with E-state index in [1.54, 1.807) is 24.1 Å². The lowest BCUT2D eigenvalue weighted by Gasteiger charge is -2.16. The van der Waals surface area contributed by atoms with Crippen LogP contribution in [0.25, 0.3) is 11.4 Å². The predicted octanol–water partition coefficient (Wildman–Crippen LogP) is 4.28. The van der Waals surface area contributed by atoms with Gasteiger partial charge in [-0.1, -0.05) is 46.6 Å². The minimum Gasteiger partial charge on any atom is -0.337 e. The van der Waals surface area contributed by atoms with Gasteiger partial charge in [-0.05, 0) is 37.6 Å². The molecule has 0 fully saturated rings. The first-order valence-electron chi connectivity index (χ1n) is 7.85. The number of carbonyl (C=O) groups is 1. The van der Waals surface area contributed by atoms with Gasteiger partial charge in [-0.15, -0.1) is 0 Å². The van der Waals surface area contributed by atoms with Crippen LogP contribution in [0.15, 0.2) is 47.0 Å². The number of aromatic nitrogens is 2. The second-order valence-electron chi connectivity index (χ2n) is 6.00. The number of aryl methyl sites for hydroxylation is 2. The third-order valence-corrected chi connectivity index (χ3v) is 4.13. The Labute approximate surface area is 151 Å². The number of carbonyl (C=O) groups excluding carboxylic acids is 1. The highest BCUT2D eigenvalue weighted by molar-refractivity contribution is 6.30. The lowest BCUT2D eigenvalue weighted by molar-refractivity contribution is 0.0768. The minimum absolute atomic E-state index is 0.0799. The highest BCUT2D eigenvalue weighted by atomic mass is 35.5. The number of hydrogen-bond donors (Lipinski definition) is 0. The van der Waals surface area contributed by atoms with E-state index >= 15 is 0 Å². The number of halogens is 1. The largest absolute Gasteiger partial charge is 0.337 e. The summed E-state index contributed by atoms with van der Waals surface area (Å²) in [6.07, 6.45) is 0. The molecule has 0 N–H and O–H groups in total. The molecule has 0 bridgehead atoms. The van der Waals surface area contributed by atoms with E-state index in [1.807, 2.05) is 44.2 Å². The zero-order valence-electron chi connectivity index (χ0n) is 14.3. The maximum absolute atomic E-state index is 12.7. The number of amides is 1. The Balaban J connectivity index is 1.76. The highest BCUT2D eigenvalue weighted by Gasteiger charge is 2.18. The molecule has 0 radical (unpaired) electrons. The Morgan fingerprint density at radius 3 is 2.76 bits per heavy atom. The second-order valence-corrected chi connectivity index (χ2v) is 6.44. The van der Waals surface area contributed by atoms with Crippen LogP contribution < -0.4 is 0 Å². The van der Waals surface area contributed by atoms with E-state index in [2.05, 4.69) is 10.1 Å². The van der Waals surface area contributed by atoms with Crippen LogP contribution in [-0.4, -0.2) is 28.0 Å². The normalized spacial score (nSPS) is 10.7. The van der Waals surface area contributed by atoms with Gasteiger partial charge in [0, 0.05) is 23.2 Å². The van der Waals surface area contributed by atoms with Gasteiger partial charge in [0.1, 0.15) is 0 Å². The van der Waals surface area contributed by atoms with Crippen LogP contribution in [-0.2, 0) is 6.54 Å². The van der Waals surface area contributed by atoms with Crippen molar-refractivity contribution >= 4 is 17.5 Å². The molecular weight excluding hydrogens is 338 g/mol. The molecule has 0 saturated carbocycles. The molecule has 3 rings (SSSR count). The zero-order valence-corrected chi connectivity index (χ0v) is 15.0. The van der Waals surface area contributed by atoms with Crippen molar-refractivity contribution in [2.24, 2.45) is 0 Å². The Hall–Kier alpha value is -2.66. The first-order valence-corrected chi connectivity index (χ1v) is 8.23. The highest BCUT2D eigenvalue weighted by Crippen LogP contribution is 2.20. The zero-order chi connectivity index (χ0) is 18.0. The Kier molecular flexibility index (Phi) is 4.86. The smallest absolute Gasteiger partial charge is 0.254 e. The van der Waals surface area contributed by atoms with E-state index < -0.39 is 0 Å². The summed E-state index contributed by atoms with van der Waals surface area (Å²) in [5.74, 6) is 0.741. The van der Waals surface area contributed by atoms with Crippen molar-refractivity contribution in [1.29, 1.82) is 0 Å². The molecule has 128 valence electrons. The SMILES string of the molecule is Cc1ccc(C)c(C(=O)N(C)Cc2nc(-c3cccc(Cl)c3)no2)c1. The van der Waals surface area contributed by atoms with E-state index in [0.717, 1.165) is 16.7 Å². The molecule has 0 unspecified atom stereocenters. The van der Waals surface area contributed by atoms with Crippen LogP contribution in [0.2, 0.25) is 5.02 Å². The Morgan fingerprint density at radius 1 is 1.20 bits per heavy atom. The van der Waals surface area contributed by atoms with Crippen LogP contribution in [0.5, 0.6) is 0 Å². The number of benzene rings is 2. The van der Waals surface area contributed by atoms with E-state index in [9.17, 15) is 4.79 Å². The summed E-state index contributed by atoms with van der Waals surface area (Å²) in [7, 11) is 1.72. The van der Waals surface area contributed by atoms with Gasteiger partial charge in [-0.2, -0.15) is 4.98 Å². The monoisotopic (exact) mass is 355 g/mol. The summed E-state index contributed by atoms with van der Waals surface area (Å²) in [5.41, 5.74) is 3.43. The second kappa shape index (κ2) is 7.07. The van der Waals surface area contributed by atoms with Gasteiger partial charge in [-0.3, -0.25) is 4.79 Å².